The third kappa shape index (κ3) is 5.08. The number of halogens is 2. The molecule has 0 bridgehead atoms. The van der Waals surface area contributed by atoms with E-state index < -0.39 is 0 Å². The number of aromatic nitrogens is 3. The minimum atomic E-state index is 0. The van der Waals surface area contributed by atoms with E-state index >= 15 is 0 Å². The number of aliphatic imine (C=N–C) groups is 1. The maximum atomic E-state index is 6.17. The molecule has 29 heavy (non-hydrogen) atoms. The molecule has 0 unspecified atom stereocenters. The predicted molar refractivity (Wildman–Crippen MR) is 127 cm³/mol. The molecular weight excluding hydrogens is 499 g/mol. The Labute approximate surface area is 192 Å². The van der Waals surface area contributed by atoms with Crippen LogP contribution in [0.2, 0.25) is 5.02 Å². The van der Waals surface area contributed by atoms with Gasteiger partial charge in [-0.15, -0.1) is 34.2 Å². The first kappa shape index (κ1) is 21.6. The van der Waals surface area contributed by atoms with Crippen molar-refractivity contribution in [2.24, 2.45) is 4.99 Å². The molecule has 0 atom stereocenters. The van der Waals surface area contributed by atoms with Gasteiger partial charge in [0.2, 0.25) is 0 Å². The first-order valence-electron chi connectivity index (χ1n) is 9.35. The molecule has 0 amide bonds. The Morgan fingerprint density at radius 1 is 1.14 bits per heavy atom. The maximum Gasteiger partial charge on any atom is 0.191 e. The minimum Gasteiger partial charge on any atom is -0.356 e. The monoisotopic (exact) mass is 522 g/mol. The fourth-order valence-corrected chi connectivity index (χ4v) is 3.55. The highest BCUT2D eigenvalue weighted by Crippen LogP contribution is 2.48. The summed E-state index contributed by atoms with van der Waals surface area (Å²) in [4.78, 5) is 4.34. The molecule has 0 radical (unpaired) electrons. The van der Waals surface area contributed by atoms with Crippen molar-refractivity contribution in [2.45, 2.75) is 24.8 Å². The molecule has 1 fully saturated rings. The van der Waals surface area contributed by atoms with Gasteiger partial charge in [-0.25, -0.2) is 0 Å². The van der Waals surface area contributed by atoms with Crippen LogP contribution in [0.4, 0.5) is 0 Å². The van der Waals surface area contributed by atoms with Gasteiger partial charge in [0.1, 0.15) is 6.33 Å². The Kier molecular flexibility index (Phi) is 7.13. The second kappa shape index (κ2) is 9.58. The van der Waals surface area contributed by atoms with Gasteiger partial charge in [0, 0.05) is 29.7 Å². The van der Waals surface area contributed by atoms with Crippen LogP contribution in [0, 0.1) is 0 Å². The second-order valence-electron chi connectivity index (χ2n) is 7.02. The lowest BCUT2D eigenvalue weighted by molar-refractivity contribution is 0.642. The molecule has 6 nitrogen and oxygen atoms in total. The summed E-state index contributed by atoms with van der Waals surface area (Å²) in [5.74, 6) is 1.57. The molecular formula is C21H24ClIN6. The van der Waals surface area contributed by atoms with Crippen LogP contribution in [0.25, 0.3) is 5.69 Å². The van der Waals surface area contributed by atoms with E-state index in [0.717, 1.165) is 41.9 Å². The van der Waals surface area contributed by atoms with E-state index in [1.54, 1.807) is 13.4 Å². The van der Waals surface area contributed by atoms with Crippen LogP contribution in [0.1, 0.15) is 24.2 Å². The van der Waals surface area contributed by atoms with E-state index in [1.807, 2.05) is 47.0 Å². The minimum absolute atomic E-state index is 0. The van der Waals surface area contributed by atoms with Gasteiger partial charge >= 0.3 is 0 Å². The Bertz CT molecular complexity index is 968. The standard InChI is InChI=1S/C21H23ClN6.HI/c1-23-20(25-14-21(10-11-21)16-6-5-7-17(22)12-16)24-13-19-27-26-15-28(19)18-8-3-2-4-9-18;/h2-9,12,15H,10-11,13-14H2,1H3,(H2,23,24,25);1H. The zero-order chi connectivity index (χ0) is 19.4. The Balaban J connectivity index is 0.00000240. The summed E-state index contributed by atoms with van der Waals surface area (Å²) < 4.78 is 1.97. The lowest BCUT2D eigenvalue weighted by Gasteiger charge is -2.19. The average Bonchev–Trinajstić information content (AvgIpc) is 3.38. The van der Waals surface area contributed by atoms with E-state index in [4.69, 9.17) is 11.6 Å². The van der Waals surface area contributed by atoms with Crippen LogP contribution < -0.4 is 10.6 Å². The smallest absolute Gasteiger partial charge is 0.191 e. The van der Waals surface area contributed by atoms with Crippen LogP contribution in [0.5, 0.6) is 0 Å². The number of nitrogens with zero attached hydrogens (tertiary/aromatic N) is 4. The summed E-state index contributed by atoms with van der Waals surface area (Å²) >= 11 is 6.17. The Morgan fingerprint density at radius 3 is 2.62 bits per heavy atom. The third-order valence-electron chi connectivity index (χ3n) is 5.18. The summed E-state index contributed by atoms with van der Waals surface area (Å²) in [6.45, 7) is 1.34. The predicted octanol–water partition coefficient (Wildman–Crippen LogP) is 3.94. The molecule has 1 aliphatic rings. The van der Waals surface area contributed by atoms with Crippen molar-refractivity contribution in [1.29, 1.82) is 0 Å². The molecule has 3 aromatic rings. The number of benzene rings is 2. The van der Waals surface area contributed by atoms with E-state index in [2.05, 4.69) is 38.0 Å². The highest BCUT2D eigenvalue weighted by atomic mass is 127. The molecule has 2 N–H and O–H groups in total. The Hall–Kier alpha value is -2.13. The van der Waals surface area contributed by atoms with Gasteiger partial charge < -0.3 is 10.6 Å². The first-order chi connectivity index (χ1) is 13.7. The number of hydrogen-bond acceptors (Lipinski definition) is 3. The molecule has 152 valence electrons. The number of hydrogen-bond donors (Lipinski definition) is 2. The summed E-state index contributed by atoms with van der Waals surface area (Å²) in [5.41, 5.74) is 2.46. The zero-order valence-electron chi connectivity index (χ0n) is 16.2. The van der Waals surface area contributed by atoms with Crippen molar-refractivity contribution in [3.8, 4) is 5.69 Å². The van der Waals surface area contributed by atoms with E-state index in [1.165, 1.54) is 5.56 Å². The van der Waals surface area contributed by atoms with Gasteiger partial charge in [-0.3, -0.25) is 9.56 Å². The van der Waals surface area contributed by atoms with Crippen molar-refractivity contribution in [1.82, 2.24) is 25.4 Å². The lowest BCUT2D eigenvalue weighted by Crippen LogP contribution is -2.41. The number of guanidine groups is 1. The summed E-state index contributed by atoms with van der Waals surface area (Å²) in [6.07, 6.45) is 4.03. The van der Waals surface area contributed by atoms with Crippen LogP contribution in [0.3, 0.4) is 0 Å². The summed E-state index contributed by atoms with van der Waals surface area (Å²) in [6, 6.07) is 18.2. The molecule has 0 saturated heterocycles. The van der Waals surface area contributed by atoms with Crippen molar-refractivity contribution in [3.63, 3.8) is 0 Å². The van der Waals surface area contributed by atoms with Gasteiger partial charge in [0.25, 0.3) is 0 Å². The quantitative estimate of drug-likeness (QED) is 0.292. The van der Waals surface area contributed by atoms with Gasteiger partial charge in [-0.1, -0.05) is 41.9 Å². The van der Waals surface area contributed by atoms with Crippen molar-refractivity contribution < 1.29 is 0 Å². The molecule has 1 aromatic heterocycles. The normalized spacial score (nSPS) is 14.8. The molecule has 8 heteroatoms. The fourth-order valence-electron chi connectivity index (χ4n) is 3.36. The van der Waals surface area contributed by atoms with Gasteiger partial charge in [-0.2, -0.15) is 0 Å². The maximum absolute atomic E-state index is 6.17. The van der Waals surface area contributed by atoms with Crippen LogP contribution >= 0.6 is 35.6 Å². The molecule has 1 saturated carbocycles. The highest BCUT2D eigenvalue weighted by molar-refractivity contribution is 14.0. The lowest BCUT2D eigenvalue weighted by atomic mass is 9.96. The third-order valence-corrected chi connectivity index (χ3v) is 5.41. The Morgan fingerprint density at radius 2 is 1.93 bits per heavy atom. The van der Waals surface area contributed by atoms with E-state index in [9.17, 15) is 0 Å². The highest BCUT2D eigenvalue weighted by Gasteiger charge is 2.44. The van der Waals surface area contributed by atoms with E-state index in [-0.39, 0.29) is 29.4 Å². The zero-order valence-corrected chi connectivity index (χ0v) is 19.3. The molecule has 0 spiro atoms. The number of para-hydroxylation sites is 1. The summed E-state index contributed by atoms with van der Waals surface area (Å²) in [5, 5.41) is 15.8. The largest absolute Gasteiger partial charge is 0.356 e. The van der Waals surface area contributed by atoms with Crippen LogP contribution in [0.15, 0.2) is 65.9 Å². The molecule has 1 heterocycles. The first-order valence-corrected chi connectivity index (χ1v) is 9.73. The van der Waals surface area contributed by atoms with E-state index in [0.29, 0.717) is 6.54 Å². The summed E-state index contributed by atoms with van der Waals surface area (Å²) in [7, 11) is 1.77. The fraction of sp³-hybridized carbons (Fsp3) is 0.286. The molecule has 2 aromatic carbocycles. The second-order valence-corrected chi connectivity index (χ2v) is 7.46. The van der Waals surface area contributed by atoms with Crippen molar-refractivity contribution in [3.05, 3.63) is 77.3 Å². The van der Waals surface area contributed by atoms with Crippen LogP contribution in [-0.4, -0.2) is 34.3 Å². The van der Waals surface area contributed by atoms with Crippen molar-refractivity contribution in [2.75, 3.05) is 13.6 Å². The van der Waals surface area contributed by atoms with Crippen molar-refractivity contribution >= 4 is 41.5 Å². The van der Waals surface area contributed by atoms with Gasteiger partial charge in [-0.05, 0) is 42.7 Å². The average molecular weight is 523 g/mol. The van der Waals surface area contributed by atoms with Gasteiger partial charge in [0.15, 0.2) is 11.8 Å². The number of nitrogens with one attached hydrogen (secondary N) is 2. The number of rotatable bonds is 6. The SMILES string of the molecule is CN=C(NCc1nncn1-c1ccccc1)NCC1(c2cccc(Cl)c2)CC1.I. The molecule has 0 aliphatic heterocycles. The molecule has 4 rings (SSSR count). The van der Waals surface area contributed by atoms with Gasteiger partial charge in [0.05, 0.1) is 6.54 Å². The topological polar surface area (TPSA) is 67.1 Å². The van der Waals surface area contributed by atoms with Crippen LogP contribution in [-0.2, 0) is 12.0 Å². The molecule has 1 aliphatic carbocycles.